The lowest BCUT2D eigenvalue weighted by Gasteiger charge is -2.29. The summed E-state index contributed by atoms with van der Waals surface area (Å²) in [6.45, 7) is 2.02. The summed E-state index contributed by atoms with van der Waals surface area (Å²) in [6.07, 6.45) is 4.98. The minimum Gasteiger partial charge on any atom is -0.347 e. The first kappa shape index (κ1) is 72.6. The van der Waals surface area contributed by atoms with E-state index in [-0.39, 0.29) is 42.1 Å². The van der Waals surface area contributed by atoms with Gasteiger partial charge in [-0.05, 0) is 150 Å². The third-order valence-corrected chi connectivity index (χ3v) is 16.4. The van der Waals surface area contributed by atoms with Crippen LogP contribution in [0.4, 0.5) is 45.2 Å². The van der Waals surface area contributed by atoms with Gasteiger partial charge in [0.05, 0.1) is 72.4 Å². The summed E-state index contributed by atoms with van der Waals surface area (Å²) in [7, 11) is 1.50. The first-order valence-corrected chi connectivity index (χ1v) is 32.0. The zero-order valence-electron chi connectivity index (χ0n) is 51.2. The van der Waals surface area contributed by atoms with Crippen molar-refractivity contribution in [3.63, 3.8) is 0 Å². The summed E-state index contributed by atoms with van der Waals surface area (Å²) in [5.41, 5.74) is 11.9. The summed E-state index contributed by atoms with van der Waals surface area (Å²) in [5, 5.41) is 26.3. The van der Waals surface area contributed by atoms with Crippen LogP contribution in [-0.4, -0.2) is 84.4 Å². The number of H-pyrrole nitrogens is 1. The highest BCUT2D eigenvalue weighted by Gasteiger charge is 2.45. The van der Waals surface area contributed by atoms with Crippen LogP contribution in [0.15, 0.2) is 203 Å². The molecule has 0 saturated carbocycles. The zero-order chi connectivity index (χ0) is 69.4. The Bertz CT molecular complexity index is 4420. The molecule has 0 bridgehead atoms. The first-order chi connectivity index (χ1) is 45.8. The molecule has 0 spiro atoms. The van der Waals surface area contributed by atoms with Crippen LogP contribution >= 0.6 is 47.8 Å². The molecule has 11 aromatic rings. The lowest BCUT2D eigenvalue weighted by atomic mass is 9.99. The first-order valence-electron chi connectivity index (χ1n) is 29.3. The van der Waals surface area contributed by atoms with Crippen molar-refractivity contribution in [2.45, 2.75) is 81.1 Å². The van der Waals surface area contributed by atoms with Gasteiger partial charge in [0.25, 0.3) is 11.8 Å². The van der Waals surface area contributed by atoms with Gasteiger partial charge < -0.3 is 26.6 Å². The molecule has 4 amide bonds. The molecule has 2 unspecified atom stereocenters. The van der Waals surface area contributed by atoms with E-state index in [1.54, 1.807) is 71.7 Å². The molecule has 500 valence electrons. The van der Waals surface area contributed by atoms with Gasteiger partial charge in [0.15, 0.2) is 0 Å². The van der Waals surface area contributed by atoms with Crippen LogP contribution in [0.3, 0.4) is 0 Å². The molecule has 2 fully saturated rings. The summed E-state index contributed by atoms with van der Waals surface area (Å²) >= 11 is 10.1. The normalized spacial score (nSPS) is 15.7. The molecule has 0 aliphatic carbocycles. The van der Waals surface area contributed by atoms with Crippen molar-refractivity contribution in [1.29, 1.82) is 0 Å². The van der Waals surface area contributed by atoms with Crippen molar-refractivity contribution < 1.29 is 58.7 Å². The van der Waals surface area contributed by atoms with Crippen molar-refractivity contribution in [2.75, 3.05) is 11.9 Å². The molecule has 13 rings (SSSR count). The Kier molecular flexibility index (Phi) is 25.0. The number of carbonyl (C=O) groups excluding carboxylic acids is 4. The maximum absolute atomic E-state index is 13.6. The molecule has 8 aromatic carbocycles. The average Bonchev–Trinajstić information content (AvgIpc) is 1.60. The van der Waals surface area contributed by atoms with E-state index in [0.29, 0.717) is 43.8 Å². The number of benzene rings is 8. The maximum Gasteiger partial charge on any atom is 0.321 e. The number of nitrogens with one attached hydrogen (secondary N) is 4. The molecule has 15 nitrogen and oxygen atoms in total. The van der Waals surface area contributed by atoms with Gasteiger partial charge in [-0.15, -0.1) is 0 Å². The van der Waals surface area contributed by atoms with E-state index >= 15 is 0 Å². The van der Waals surface area contributed by atoms with E-state index in [1.807, 2.05) is 47.3 Å². The summed E-state index contributed by atoms with van der Waals surface area (Å²) < 4.78 is 124. The van der Waals surface area contributed by atoms with Crippen molar-refractivity contribution >= 4 is 110 Å². The van der Waals surface area contributed by atoms with Crippen molar-refractivity contribution in [1.82, 2.24) is 45.7 Å². The predicted molar refractivity (Wildman–Crippen MR) is 359 cm³/mol. The zero-order valence-corrected chi connectivity index (χ0v) is 56.0. The quantitative estimate of drug-likeness (QED) is 0.0588. The molecule has 3 aromatic heterocycles. The van der Waals surface area contributed by atoms with Crippen molar-refractivity contribution in [3.05, 3.63) is 260 Å². The van der Waals surface area contributed by atoms with Crippen LogP contribution in [-0.2, 0) is 37.6 Å². The molecule has 27 heteroatoms. The number of rotatable bonds is 12. The number of amides is 4. The maximum atomic E-state index is 13.6. The molecule has 2 aliphatic rings. The summed E-state index contributed by atoms with van der Waals surface area (Å²) in [4.78, 5) is 49.3. The fourth-order valence-corrected chi connectivity index (χ4v) is 11.2. The van der Waals surface area contributed by atoms with Crippen LogP contribution in [0.25, 0.3) is 32.7 Å². The number of halogens is 12. The second-order valence-electron chi connectivity index (χ2n) is 21.9. The third kappa shape index (κ3) is 19.7. The Morgan fingerprint density at radius 1 is 0.542 bits per heavy atom. The largest absolute Gasteiger partial charge is 0.347 e. The van der Waals surface area contributed by atoms with Gasteiger partial charge in [0, 0.05) is 62.8 Å². The molecule has 6 N–H and O–H groups in total. The number of hydrogen-bond acceptors (Lipinski definition) is 8. The predicted octanol–water partition coefficient (Wildman–Crippen LogP) is 15.1. The third-order valence-electron chi connectivity index (χ3n) is 14.8. The van der Waals surface area contributed by atoms with Crippen LogP contribution in [0, 0.1) is 29.1 Å². The number of aromatic amines is 1. The molecule has 0 radical (unpaired) electrons. The van der Waals surface area contributed by atoms with E-state index in [1.165, 1.54) is 96.9 Å². The second kappa shape index (κ2) is 33.0. The highest BCUT2D eigenvalue weighted by Crippen LogP contribution is 2.39. The van der Waals surface area contributed by atoms with Crippen LogP contribution in [0.2, 0.25) is 0 Å². The van der Waals surface area contributed by atoms with Gasteiger partial charge in [-0.3, -0.25) is 33.6 Å². The van der Waals surface area contributed by atoms with Gasteiger partial charge in [0.2, 0.25) is 11.8 Å². The molecule has 4 atom stereocenters. The molecule has 2 aliphatic heterocycles. The minimum atomic E-state index is -3.62. The topological polar surface area (TPSA) is 198 Å². The van der Waals surface area contributed by atoms with Crippen LogP contribution < -0.4 is 26.6 Å². The van der Waals surface area contributed by atoms with Crippen molar-refractivity contribution in [3.8, 4) is 0 Å². The number of anilines is 1. The molecular weight excluding hydrogens is 1460 g/mol. The number of carbonyl (C=O) groups is 4. The summed E-state index contributed by atoms with van der Waals surface area (Å²) in [6, 6.07) is 43.7. The Hall–Kier alpha value is -9.18. The average molecular weight is 1520 g/mol. The van der Waals surface area contributed by atoms with Crippen LogP contribution in [0.5, 0.6) is 0 Å². The fraction of sp³-hybridized carbons (Fsp3) is 0.203. The van der Waals surface area contributed by atoms with Gasteiger partial charge in [-0.2, -0.15) is 32.9 Å². The number of fused-ring (bicyclic) bond motifs is 3. The Morgan fingerprint density at radius 2 is 0.969 bits per heavy atom. The monoisotopic (exact) mass is 1520 g/mol. The van der Waals surface area contributed by atoms with Gasteiger partial charge in [-0.1, -0.05) is 108 Å². The number of aromatic nitrogens is 6. The molecular formula is C69H61Br3F9N11O4. The van der Waals surface area contributed by atoms with E-state index < -0.39 is 59.5 Å². The van der Waals surface area contributed by atoms with E-state index in [4.69, 9.17) is 0 Å². The van der Waals surface area contributed by atoms with E-state index in [0.717, 1.165) is 63.7 Å². The van der Waals surface area contributed by atoms with Gasteiger partial charge >= 0.3 is 11.8 Å². The minimum absolute atomic E-state index is 0.0934. The SMILES string of the molecule is Brc1ccc2[nH]ncc2c1.CC(F)(F)C(=O)N[C@H]1CC(=O)N(c2ccc3c(cnn3Cc3ccc(F)cc3)c2)C1c1ccc(F)cc1.CC(F)(F)C(=O)N[C@H]1CC(=O)NC1c1ccc(F)cc1.CN.Fc1ccc(CBr)cc1.Fc1ccc(Cn2ncc3cc(Br)ccc32)cc1. The Labute approximate surface area is 570 Å². The second-order valence-corrected chi connectivity index (χ2v) is 24.3. The smallest absolute Gasteiger partial charge is 0.321 e. The Morgan fingerprint density at radius 3 is 1.46 bits per heavy atom. The van der Waals surface area contributed by atoms with Gasteiger partial charge in [0.1, 0.15) is 29.1 Å². The number of hydrogen-bond donors (Lipinski definition) is 5. The summed E-state index contributed by atoms with van der Waals surface area (Å²) in [5.74, 6) is -12.5. The molecule has 2 saturated heterocycles. The lowest BCUT2D eigenvalue weighted by Crippen LogP contribution is -2.46. The van der Waals surface area contributed by atoms with E-state index in [2.05, 4.69) is 89.9 Å². The number of nitrogens with two attached hydrogens (primary N) is 1. The molecule has 5 heterocycles. The Balaban J connectivity index is 0.000000168. The standard InChI is InChI=1S/C27H22F4N4O2.C14H10BrFN2.C13H13F3N2O2.C7H6BrF.C7H5BrN2.CH5N/c1-27(30,31)26(37)33-22-13-24(36)35(25(22)17-4-8-20(29)9-5-17)21-10-11-23-18(12-21)14-32-34(23)15-16-2-6-19(28)7-3-16;15-12-3-6-14-11(7-12)8-17-18(14)9-10-1-4-13(16)5-2-10;1-13(15,16)12(20)17-9-6-10(19)18-11(9)7-2-4-8(14)5-3-7;8-5-6-1-3-7(9)4-2-6;8-6-1-2-7-5(3-6)4-9-10-7;1-2/h2-12,14,22,25H,13,15H2,1H3,(H,33,37);1-8H,9H2;2-5,9,11H,6H2,1H3,(H,17,20)(H,18,19);1-4H,5H2;1-4H,(H,9,10);2H2,1H3/t22-,25?;;9-,11?;;;/m0.0.../s1. The number of alkyl halides is 5. The lowest BCUT2D eigenvalue weighted by molar-refractivity contribution is -0.144. The molecule has 96 heavy (non-hydrogen) atoms. The number of nitrogens with zero attached hydrogens (tertiary/aromatic N) is 6. The highest BCUT2D eigenvalue weighted by molar-refractivity contribution is 9.10. The van der Waals surface area contributed by atoms with Crippen LogP contribution in [0.1, 0.15) is 66.6 Å². The van der Waals surface area contributed by atoms with Crippen molar-refractivity contribution in [2.24, 2.45) is 5.73 Å². The highest BCUT2D eigenvalue weighted by atomic mass is 79.9. The van der Waals surface area contributed by atoms with Gasteiger partial charge in [-0.25, -0.2) is 22.0 Å². The fourth-order valence-electron chi connectivity index (χ4n) is 10.1. The van der Waals surface area contributed by atoms with E-state index in [9.17, 15) is 58.7 Å².